The Hall–Kier alpha value is -1.36. The molecule has 0 amide bonds. The average Bonchev–Trinajstić information content (AvgIpc) is 2.14. The van der Waals surface area contributed by atoms with Gasteiger partial charge in [0.15, 0.2) is 0 Å². The largest absolute Gasteiger partial charge is 0.545 e. The molecule has 0 aliphatic carbocycles. The van der Waals surface area contributed by atoms with E-state index in [9.17, 15) is 19.8 Å². The maximum Gasteiger partial charge on any atom is 0.0729 e. The highest BCUT2D eigenvalue weighted by Crippen LogP contribution is 2.30. The Morgan fingerprint density at radius 1 is 0.875 bits per heavy atom. The van der Waals surface area contributed by atoms with E-state index in [1.54, 1.807) is 6.92 Å². The first-order chi connectivity index (χ1) is 7.29. The molecule has 0 bridgehead atoms. The molecule has 0 radical (unpaired) electrons. The third-order valence-corrected chi connectivity index (χ3v) is 3.64. The van der Waals surface area contributed by atoms with Crippen molar-refractivity contribution >= 4 is 27.9 Å². The fourth-order valence-electron chi connectivity index (χ4n) is 1.67. The van der Waals surface area contributed by atoms with Gasteiger partial charge in [0.05, 0.1) is 11.9 Å². The standard InChI is InChI=1S/C11H11BrO4/c1-4-5(2)8(11(15)16)9(12)6(3)7(4)10(13)14/h1-3H3,(H,13,14)(H,15,16)/p-2. The predicted octanol–water partition coefficient (Wildman–Crippen LogP) is 0.101. The summed E-state index contributed by atoms with van der Waals surface area (Å²) in [6.45, 7) is 4.61. The topological polar surface area (TPSA) is 80.3 Å². The molecule has 1 aromatic carbocycles. The van der Waals surface area contributed by atoms with Crippen molar-refractivity contribution in [1.29, 1.82) is 0 Å². The van der Waals surface area contributed by atoms with Crippen molar-refractivity contribution in [2.45, 2.75) is 20.8 Å². The van der Waals surface area contributed by atoms with Gasteiger partial charge in [-0.25, -0.2) is 0 Å². The summed E-state index contributed by atoms with van der Waals surface area (Å²) in [5.74, 6) is -2.65. The number of hydrogen-bond donors (Lipinski definition) is 0. The van der Waals surface area contributed by atoms with Crippen LogP contribution in [0.5, 0.6) is 0 Å². The molecule has 5 heteroatoms. The minimum absolute atomic E-state index is 0.0139. The fraction of sp³-hybridized carbons (Fsp3) is 0.273. The van der Waals surface area contributed by atoms with Gasteiger partial charge in [0.25, 0.3) is 0 Å². The Morgan fingerprint density at radius 3 is 1.62 bits per heavy atom. The van der Waals surface area contributed by atoms with E-state index in [1.807, 2.05) is 0 Å². The molecule has 16 heavy (non-hydrogen) atoms. The van der Waals surface area contributed by atoms with E-state index in [1.165, 1.54) is 13.8 Å². The van der Waals surface area contributed by atoms with Crippen LogP contribution >= 0.6 is 15.9 Å². The highest BCUT2D eigenvalue weighted by atomic mass is 79.9. The van der Waals surface area contributed by atoms with E-state index in [2.05, 4.69) is 15.9 Å². The molecule has 0 aliphatic heterocycles. The monoisotopic (exact) mass is 284 g/mol. The quantitative estimate of drug-likeness (QED) is 0.772. The molecular formula is C11H9BrO4-2. The first-order valence-corrected chi connectivity index (χ1v) is 5.30. The van der Waals surface area contributed by atoms with Crippen LogP contribution in [0.25, 0.3) is 0 Å². The Morgan fingerprint density at radius 2 is 1.25 bits per heavy atom. The van der Waals surface area contributed by atoms with Gasteiger partial charge in [-0.2, -0.15) is 0 Å². The molecule has 4 nitrogen and oxygen atoms in total. The van der Waals surface area contributed by atoms with Gasteiger partial charge in [-0.3, -0.25) is 0 Å². The van der Waals surface area contributed by atoms with Crippen molar-refractivity contribution in [3.63, 3.8) is 0 Å². The number of carboxylic acid groups (broad SMARTS) is 2. The van der Waals surface area contributed by atoms with Gasteiger partial charge in [0.2, 0.25) is 0 Å². The zero-order chi connectivity index (χ0) is 12.6. The zero-order valence-corrected chi connectivity index (χ0v) is 10.6. The van der Waals surface area contributed by atoms with Crippen molar-refractivity contribution in [2.24, 2.45) is 0 Å². The number of benzene rings is 1. The lowest BCUT2D eigenvalue weighted by molar-refractivity contribution is -0.256. The molecule has 0 aromatic heterocycles. The second-order valence-corrected chi connectivity index (χ2v) is 4.31. The summed E-state index contributed by atoms with van der Waals surface area (Å²) < 4.78 is 0.231. The molecule has 0 fully saturated rings. The molecule has 0 spiro atoms. The first kappa shape index (κ1) is 12.7. The summed E-state index contributed by atoms with van der Waals surface area (Å²) in [4.78, 5) is 21.9. The molecule has 0 saturated heterocycles. The maximum atomic E-state index is 10.9. The fourth-order valence-corrected chi connectivity index (χ4v) is 2.32. The molecule has 0 saturated carbocycles. The third-order valence-electron chi connectivity index (χ3n) is 2.64. The Bertz CT molecular complexity index is 417. The predicted molar refractivity (Wildman–Crippen MR) is 57.0 cm³/mol. The summed E-state index contributed by atoms with van der Waals surface area (Å²) >= 11 is 3.07. The van der Waals surface area contributed by atoms with Crippen LogP contribution in [0.4, 0.5) is 0 Å². The van der Waals surface area contributed by atoms with Crippen LogP contribution < -0.4 is 10.2 Å². The van der Waals surface area contributed by atoms with Crippen molar-refractivity contribution in [3.05, 3.63) is 32.3 Å². The van der Waals surface area contributed by atoms with Crippen LogP contribution in [0, 0.1) is 20.8 Å². The Kier molecular flexibility index (Phi) is 3.38. The Labute approximate surface area is 101 Å². The molecule has 1 aromatic rings. The second kappa shape index (κ2) is 4.25. The van der Waals surface area contributed by atoms with Gasteiger partial charge >= 0.3 is 0 Å². The summed E-state index contributed by atoms with van der Waals surface area (Å²) in [6.07, 6.45) is 0. The maximum absolute atomic E-state index is 10.9. The number of aromatic carboxylic acids is 2. The van der Waals surface area contributed by atoms with Crippen molar-refractivity contribution in [3.8, 4) is 0 Å². The molecule has 0 unspecified atom stereocenters. The van der Waals surface area contributed by atoms with E-state index >= 15 is 0 Å². The zero-order valence-electron chi connectivity index (χ0n) is 9.01. The minimum atomic E-state index is -1.33. The van der Waals surface area contributed by atoms with E-state index in [-0.39, 0.29) is 15.6 Å². The molecule has 0 N–H and O–H groups in total. The molecular weight excluding hydrogens is 276 g/mol. The van der Waals surface area contributed by atoms with Gasteiger partial charge in [-0.1, -0.05) is 0 Å². The summed E-state index contributed by atoms with van der Waals surface area (Å²) in [7, 11) is 0. The van der Waals surface area contributed by atoms with Crippen LogP contribution in [-0.2, 0) is 0 Å². The summed E-state index contributed by atoms with van der Waals surface area (Å²) in [5.41, 5.74) is 1.10. The van der Waals surface area contributed by atoms with E-state index in [0.29, 0.717) is 16.7 Å². The van der Waals surface area contributed by atoms with E-state index in [4.69, 9.17) is 0 Å². The minimum Gasteiger partial charge on any atom is -0.545 e. The van der Waals surface area contributed by atoms with Gasteiger partial charge in [0.1, 0.15) is 0 Å². The highest BCUT2D eigenvalue weighted by molar-refractivity contribution is 9.10. The smallest absolute Gasteiger partial charge is 0.0729 e. The second-order valence-electron chi connectivity index (χ2n) is 3.51. The van der Waals surface area contributed by atoms with E-state index in [0.717, 1.165) is 0 Å². The molecule has 0 aliphatic rings. The third kappa shape index (κ3) is 1.82. The van der Waals surface area contributed by atoms with Crippen LogP contribution in [0.15, 0.2) is 4.47 Å². The summed E-state index contributed by atoms with van der Waals surface area (Å²) in [5, 5.41) is 21.9. The molecule has 1 rings (SSSR count). The van der Waals surface area contributed by atoms with Gasteiger partial charge in [-0.05, 0) is 53.4 Å². The van der Waals surface area contributed by atoms with Gasteiger partial charge < -0.3 is 19.8 Å². The SMILES string of the molecule is Cc1c(C)c(C(=O)[O-])c(Br)c(C)c1C(=O)[O-]. The van der Waals surface area contributed by atoms with Gasteiger partial charge in [0, 0.05) is 15.6 Å². The normalized spacial score (nSPS) is 10.2. The van der Waals surface area contributed by atoms with E-state index < -0.39 is 11.9 Å². The van der Waals surface area contributed by atoms with Crippen molar-refractivity contribution in [2.75, 3.05) is 0 Å². The number of carbonyl (C=O) groups is 2. The van der Waals surface area contributed by atoms with Crippen LogP contribution in [0.1, 0.15) is 37.4 Å². The number of hydrogen-bond acceptors (Lipinski definition) is 4. The first-order valence-electron chi connectivity index (χ1n) is 4.51. The van der Waals surface area contributed by atoms with Crippen LogP contribution in [0.3, 0.4) is 0 Å². The summed E-state index contributed by atoms with van der Waals surface area (Å²) in [6, 6.07) is 0. The highest BCUT2D eigenvalue weighted by Gasteiger charge is 2.16. The number of rotatable bonds is 2. The molecule has 86 valence electrons. The van der Waals surface area contributed by atoms with Gasteiger partial charge in [-0.15, -0.1) is 0 Å². The lowest BCUT2D eigenvalue weighted by Crippen LogP contribution is -2.28. The van der Waals surface area contributed by atoms with Crippen LogP contribution in [-0.4, -0.2) is 11.9 Å². The average molecular weight is 285 g/mol. The number of carboxylic acids is 2. The lowest BCUT2D eigenvalue weighted by Gasteiger charge is -2.20. The molecule has 0 heterocycles. The van der Waals surface area contributed by atoms with Crippen molar-refractivity contribution < 1.29 is 19.8 Å². The number of carbonyl (C=O) groups excluding carboxylic acids is 2. The lowest BCUT2D eigenvalue weighted by atomic mass is 9.94. The van der Waals surface area contributed by atoms with Crippen LogP contribution in [0.2, 0.25) is 0 Å². The molecule has 0 atom stereocenters. The number of halogens is 1. The Balaban J connectivity index is 3.77. The van der Waals surface area contributed by atoms with Crippen molar-refractivity contribution in [1.82, 2.24) is 0 Å².